The van der Waals surface area contributed by atoms with Crippen LogP contribution in [0.25, 0.3) is 0 Å². The van der Waals surface area contributed by atoms with Gasteiger partial charge in [-0.2, -0.15) is 18.2 Å². The summed E-state index contributed by atoms with van der Waals surface area (Å²) in [4.78, 5) is 7.83. The van der Waals surface area contributed by atoms with E-state index < -0.39 is 11.7 Å². The zero-order valence-corrected chi connectivity index (χ0v) is 9.43. The first-order valence-corrected chi connectivity index (χ1v) is 5.11. The van der Waals surface area contributed by atoms with Crippen molar-refractivity contribution in [2.24, 2.45) is 0 Å². The lowest BCUT2D eigenvalue weighted by atomic mass is 10.2. The van der Waals surface area contributed by atoms with Gasteiger partial charge in [0.2, 0.25) is 5.88 Å². The Morgan fingerprint density at radius 2 is 2.00 bits per heavy atom. The highest BCUT2D eigenvalue weighted by atomic mass is 19.4. The zero-order chi connectivity index (χ0) is 12.7. The van der Waals surface area contributed by atoms with Crippen molar-refractivity contribution in [2.75, 3.05) is 12.4 Å². The van der Waals surface area contributed by atoms with Crippen molar-refractivity contribution in [3.8, 4) is 5.88 Å². The van der Waals surface area contributed by atoms with Crippen molar-refractivity contribution in [3.05, 3.63) is 11.9 Å². The summed E-state index contributed by atoms with van der Waals surface area (Å²) in [5, 5.41) is 2.43. The van der Waals surface area contributed by atoms with E-state index in [1.165, 1.54) is 13.2 Å². The van der Waals surface area contributed by atoms with Crippen molar-refractivity contribution in [1.82, 2.24) is 9.97 Å². The molecule has 1 fully saturated rings. The van der Waals surface area contributed by atoms with E-state index in [2.05, 4.69) is 15.3 Å². The molecule has 1 aromatic heterocycles. The molecule has 17 heavy (non-hydrogen) atoms. The number of hydrogen-bond acceptors (Lipinski definition) is 4. The monoisotopic (exact) mass is 247 g/mol. The van der Waals surface area contributed by atoms with Crippen LogP contribution in [0.15, 0.2) is 6.07 Å². The van der Waals surface area contributed by atoms with Crippen LogP contribution in [0.1, 0.15) is 18.7 Å². The molecule has 0 atom stereocenters. The quantitative estimate of drug-likeness (QED) is 0.890. The molecule has 0 amide bonds. The first kappa shape index (κ1) is 11.9. The number of alkyl halides is 3. The van der Waals surface area contributed by atoms with E-state index >= 15 is 0 Å². The van der Waals surface area contributed by atoms with Gasteiger partial charge in [0.05, 0.1) is 7.11 Å². The number of methoxy groups -OCH3 is 1. The van der Waals surface area contributed by atoms with Gasteiger partial charge in [-0.05, 0) is 19.8 Å². The zero-order valence-electron chi connectivity index (χ0n) is 9.43. The van der Waals surface area contributed by atoms with E-state index in [0.717, 1.165) is 0 Å². The van der Waals surface area contributed by atoms with Crippen LogP contribution in [0.2, 0.25) is 0 Å². The van der Waals surface area contributed by atoms with Gasteiger partial charge in [-0.15, -0.1) is 0 Å². The minimum absolute atomic E-state index is 0.0713. The lowest BCUT2D eigenvalue weighted by molar-refractivity contribution is -0.151. The number of aromatic nitrogens is 2. The molecular weight excluding hydrogens is 235 g/mol. The Hall–Kier alpha value is -1.53. The number of rotatable bonds is 3. The lowest BCUT2D eigenvalue weighted by Gasteiger charge is -2.21. The number of aryl methyl sites for hydroxylation is 1. The van der Waals surface area contributed by atoms with Crippen LogP contribution in [0.4, 0.5) is 19.0 Å². The van der Waals surface area contributed by atoms with Gasteiger partial charge in [-0.3, -0.25) is 0 Å². The smallest absolute Gasteiger partial charge is 0.411 e. The summed E-state index contributed by atoms with van der Waals surface area (Å²) < 4.78 is 43.1. The Morgan fingerprint density at radius 3 is 2.47 bits per heavy atom. The summed E-state index contributed by atoms with van der Waals surface area (Å²) in [6.45, 7) is 1.60. The number of anilines is 1. The van der Waals surface area contributed by atoms with Crippen LogP contribution in [0.3, 0.4) is 0 Å². The molecular formula is C10H12F3N3O. The molecule has 1 N–H and O–H groups in total. The molecule has 0 radical (unpaired) electrons. The average Bonchev–Trinajstić information content (AvgIpc) is 2.97. The number of halogens is 3. The standard InChI is InChI=1S/C10H12F3N3O/c1-6-14-7(5-8(15-6)17-2)16-9(3-4-9)10(11,12)13/h5H,3-4H2,1-2H3,(H,14,15,16). The highest BCUT2D eigenvalue weighted by Gasteiger charge is 2.63. The number of nitrogens with one attached hydrogen (secondary N) is 1. The normalized spacial score (nSPS) is 17.7. The third kappa shape index (κ3) is 2.27. The van der Waals surface area contributed by atoms with Crippen molar-refractivity contribution in [1.29, 1.82) is 0 Å². The van der Waals surface area contributed by atoms with E-state index in [1.807, 2.05) is 0 Å². The Bertz CT molecular complexity index is 429. The van der Waals surface area contributed by atoms with Gasteiger partial charge in [0.1, 0.15) is 17.2 Å². The highest BCUT2D eigenvalue weighted by molar-refractivity contribution is 5.44. The second-order valence-electron chi connectivity index (χ2n) is 4.05. The number of nitrogens with zero attached hydrogens (tertiary/aromatic N) is 2. The maximum absolute atomic E-state index is 12.7. The van der Waals surface area contributed by atoms with E-state index in [4.69, 9.17) is 4.74 Å². The van der Waals surface area contributed by atoms with Gasteiger partial charge >= 0.3 is 6.18 Å². The molecule has 1 aromatic rings. The number of ether oxygens (including phenoxy) is 1. The van der Waals surface area contributed by atoms with Gasteiger partial charge in [0.15, 0.2) is 0 Å². The van der Waals surface area contributed by atoms with E-state index in [0.29, 0.717) is 5.82 Å². The summed E-state index contributed by atoms with van der Waals surface area (Å²) in [5.74, 6) is 0.756. The van der Waals surface area contributed by atoms with Crippen molar-refractivity contribution in [2.45, 2.75) is 31.5 Å². The molecule has 0 aromatic carbocycles. The first-order chi connectivity index (χ1) is 7.86. The molecule has 1 aliphatic rings. The fourth-order valence-electron chi connectivity index (χ4n) is 1.56. The van der Waals surface area contributed by atoms with Crippen molar-refractivity contribution in [3.63, 3.8) is 0 Å². The predicted octanol–water partition coefficient (Wildman–Crippen LogP) is 2.30. The molecule has 1 aliphatic carbocycles. The summed E-state index contributed by atoms with van der Waals surface area (Å²) >= 11 is 0. The minimum atomic E-state index is -4.26. The third-order valence-corrected chi connectivity index (χ3v) is 2.68. The van der Waals surface area contributed by atoms with Crippen LogP contribution in [0.5, 0.6) is 5.88 Å². The molecule has 4 nitrogen and oxygen atoms in total. The van der Waals surface area contributed by atoms with Gasteiger partial charge in [-0.1, -0.05) is 0 Å². The van der Waals surface area contributed by atoms with Crippen LogP contribution >= 0.6 is 0 Å². The predicted molar refractivity (Wildman–Crippen MR) is 55.0 cm³/mol. The van der Waals surface area contributed by atoms with Crippen LogP contribution < -0.4 is 10.1 Å². The molecule has 0 bridgehead atoms. The van der Waals surface area contributed by atoms with Gasteiger partial charge in [0.25, 0.3) is 0 Å². The Kier molecular flexibility index (Phi) is 2.63. The molecule has 0 spiro atoms. The fourth-order valence-corrected chi connectivity index (χ4v) is 1.56. The van der Waals surface area contributed by atoms with Crippen LogP contribution in [-0.2, 0) is 0 Å². The Morgan fingerprint density at radius 1 is 1.35 bits per heavy atom. The summed E-state index contributed by atoms with van der Waals surface area (Å²) in [7, 11) is 1.40. The van der Waals surface area contributed by atoms with Crippen LogP contribution in [-0.4, -0.2) is 28.8 Å². The van der Waals surface area contributed by atoms with Crippen molar-refractivity contribution < 1.29 is 17.9 Å². The summed E-state index contributed by atoms with van der Waals surface area (Å²) in [5.41, 5.74) is -1.82. The molecule has 7 heteroatoms. The van der Waals surface area contributed by atoms with E-state index in [1.54, 1.807) is 6.92 Å². The average molecular weight is 247 g/mol. The molecule has 0 saturated heterocycles. The van der Waals surface area contributed by atoms with E-state index in [9.17, 15) is 13.2 Å². The molecule has 94 valence electrons. The largest absolute Gasteiger partial charge is 0.481 e. The van der Waals surface area contributed by atoms with Crippen molar-refractivity contribution >= 4 is 5.82 Å². The first-order valence-electron chi connectivity index (χ1n) is 5.11. The highest BCUT2D eigenvalue weighted by Crippen LogP contribution is 2.51. The fraction of sp³-hybridized carbons (Fsp3) is 0.600. The minimum Gasteiger partial charge on any atom is -0.481 e. The lowest BCUT2D eigenvalue weighted by Crippen LogP contribution is -2.39. The Labute approximate surface area is 96.2 Å². The number of hydrogen-bond donors (Lipinski definition) is 1. The molecule has 1 saturated carbocycles. The SMILES string of the molecule is COc1cc(NC2(C(F)(F)F)CC2)nc(C)n1. The molecule has 1 heterocycles. The van der Waals surface area contributed by atoms with E-state index in [-0.39, 0.29) is 24.5 Å². The van der Waals surface area contributed by atoms with Gasteiger partial charge in [-0.25, -0.2) is 4.98 Å². The third-order valence-electron chi connectivity index (χ3n) is 2.68. The Balaban J connectivity index is 2.22. The topological polar surface area (TPSA) is 47.0 Å². The molecule has 0 aliphatic heterocycles. The second kappa shape index (κ2) is 3.75. The summed E-state index contributed by atoms with van der Waals surface area (Å²) in [6, 6.07) is 1.36. The second-order valence-corrected chi connectivity index (χ2v) is 4.05. The molecule has 2 rings (SSSR count). The van der Waals surface area contributed by atoms with Crippen LogP contribution in [0, 0.1) is 6.92 Å². The van der Waals surface area contributed by atoms with Gasteiger partial charge < -0.3 is 10.1 Å². The molecule has 0 unspecified atom stereocenters. The summed E-state index contributed by atoms with van der Waals surface area (Å²) in [6.07, 6.45) is -4.12. The maximum Gasteiger partial charge on any atom is 0.411 e. The maximum atomic E-state index is 12.7. The van der Waals surface area contributed by atoms with Gasteiger partial charge in [0, 0.05) is 6.07 Å².